The van der Waals surface area contributed by atoms with Crippen LogP contribution in [0.3, 0.4) is 0 Å². The number of rotatable bonds is 3. The summed E-state index contributed by atoms with van der Waals surface area (Å²) in [6.07, 6.45) is 5.47. The summed E-state index contributed by atoms with van der Waals surface area (Å²) in [5.41, 5.74) is 3.96. The van der Waals surface area contributed by atoms with Crippen molar-refractivity contribution in [2.75, 3.05) is 19.6 Å². The highest BCUT2D eigenvalue weighted by atomic mass is 15.3. The first-order valence-corrected chi connectivity index (χ1v) is 8.55. The van der Waals surface area contributed by atoms with Crippen LogP contribution in [0.2, 0.25) is 0 Å². The predicted octanol–water partition coefficient (Wildman–Crippen LogP) is 2.56. The Morgan fingerprint density at radius 1 is 1.24 bits per heavy atom. The fraction of sp³-hybridized carbons (Fsp3) is 0.824. The lowest BCUT2D eigenvalue weighted by molar-refractivity contribution is 0.114. The van der Waals surface area contributed by atoms with Crippen molar-refractivity contribution < 1.29 is 0 Å². The predicted molar refractivity (Wildman–Crippen MR) is 86.4 cm³/mol. The van der Waals surface area contributed by atoms with Crippen LogP contribution in [0.4, 0.5) is 0 Å². The highest BCUT2D eigenvalue weighted by molar-refractivity contribution is 5.27. The second-order valence-corrected chi connectivity index (χ2v) is 6.98. The maximum atomic E-state index is 4.60. The summed E-state index contributed by atoms with van der Waals surface area (Å²) in [5, 5.41) is 8.31. The van der Waals surface area contributed by atoms with Gasteiger partial charge in [-0.15, -0.1) is 0 Å². The molecule has 0 saturated carbocycles. The Morgan fingerprint density at radius 3 is 2.67 bits per heavy atom. The number of nitrogens with zero attached hydrogens (tertiary/aromatic N) is 3. The minimum Gasteiger partial charge on any atom is -0.314 e. The fourth-order valence-electron chi connectivity index (χ4n) is 4.41. The quantitative estimate of drug-likeness (QED) is 0.929. The zero-order chi connectivity index (χ0) is 15.0. The molecule has 3 rings (SSSR count). The molecular formula is C17H30N4. The Hall–Kier alpha value is -0.870. The highest BCUT2D eigenvalue weighted by Gasteiger charge is 2.32. The summed E-state index contributed by atoms with van der Waals surface area (Å²) in [4.78, 5) is 2.69. The van der Waals surface area contributed by atoms with Gasteiger partial charge in [0.05, 0.1) is 5.69 Å². The normalized spacial score (nSPS) is 29.0. The van der Waals surface area contributed by atoms with E-state index < -0.39 is 0 Å². The summed E-state index contributed by atoms with van der Waals surface area (Å²) in [6.45, 7) is 10.4. The number of hydrogen-bond acceptors (Lipinski definition) is 3. The minimum atomic E-state index is 0.489. The van der Waals surface area contributed by atoms with Crippen LogP contribution in [-0.4, -0.2) is 40.4 Å². The van der Waals surface area contributed by atoms with Crippen LogP contribution < -0.4 is 5.32 Å². The number of aromatic nitrogens is 2. The lowest BCUT2D eigenvalue weighted by atomic mass is 9.88. The third-order valence-electron chi connectivity index (χ3n) is 5.69. The van der Waals surface area contributed by atoms with Crippen LogP contribution in [0.1, 0.15) is 55.6 Å². The van der Waals surface area contributed by atoms with Gasteiger partial charge in [-0.1, -0.05) is 0 Å². The highest BCUT2D eigenvalue weighted by Crippen LogP contribution is 2.32. The van der Waals surface area contributed by atoms with Crippen LogP contribution in [0.15, 0.2) is 0 Å². The third-order valence-corrected chi connectivity index (χ3v) is 5.69. The first-order valence-electron chi connectivity index (χ1n) is 8.55. The molecule has 0 amide bonds. The van der Waals surface area contributed by atoms with Crippen molar-refractivity contribution in [1.82, 2.24) is 20.0 Å². The zero-order valence-corrected chi connectivity index (χ0v) is 14.0. The Bertz CT molecular complexity index is 487. The average molecular weight is 290 g/mol. The van der Waals surface area contributed by atoms with Crippen molar-refractivity contribution in [3.8, 4) is 0 Å². The van der Waals surface area contributed by atoms with E-state index in [2.05, 4.69) is 43.1 Å². The molecule has 3 atom stereocenters. The lowest BCUT2D eigenvalue weighted by Gasteiger charge is -2.39. The van der Waals surface area contributed by atoms with Crippen LogP contribution in [0.25, 0.3) is 0 Å². The lowest BCUT2D eigenvalue weighted by Crippen LogP contribution is -2.44. The van der Waals surface area contributed by atoms with Crippen molar-refractivity contribution in [3.63, 3.8) is 0 Å². The molecule has 0 aromatic carbocycles. The van der Waals surface area contributed by atoms with Gasteiger partial charge in [0.1, 0.15) is 0 Å². The Morgan fingerprint density at radius 2 is 2.05 bits per heavy atom. The molecule has 118 valence electrons. The standard InChI is InChI=1S/C17H30N4/c1-12-17(13(2)20(4)19-12)14(3)21-10-6-7-15(11-21)16-8-5-9-18-16/h14-16,18H,5-11H2,1-4H3. The van der Waals surface area contributed by atoms with Gasteiger partial charge in [0.2, 0.25) is 0 Å². The van der Waals surface area contributed by atoms with Crippen LogP contribution in [0, 0.1) is 19.8 Å². The summed E-state index contributed by atoms with van der Waals surface area (Å²) in [7, 11) is 2.06. The first kappa shape index (κ1) is 15.0. The number of hydrogen-bond donors (Lipinski definition) is 1. The zero-order valence-electron chi connectivity index (χ0n) is 14.0. The van der Waals surface area contributed by atoms with Gasteiger partial charge in [0, 0.05) is 36.9 Å². The average Bonchev–Trinajstić information content (AvgIpc) is 3.08. The van der Waals surface area contributed by atoms with E-state index in [9.17, 15) is 0 Å². The molecule has 0 spiro atoms. The Kier molecular flexibility index (Phi) is 4.36. The minimum absolute atomic E-state index is 0.489. The van der Waals surface area contributed by atoms with Crippen LogP contribution >= 0.6 is 0 Å². The number of nitrogens with one attached hydrogen (secondary N) is 1. The topological polar surface area (TPSA) is 33.1 Å². The summed E-state index contributed by atoms with van der Waals surface area (Å²) in [6, 6.07) is 1.25. The smallest absolute Gasteiger partial charge is 0.0644 e. The molecule has 2 fully saturated rings. The molecule has 4 heteroatoms. The van der Waals surface area contributed by atoms with E-state index in [0.717, 1.165) is 12.0 Å². The molecule has 3 unspecified atom stereocenters. The largest absolute Gasteiger partial charge is 0.314 e. The number of aryl methyl sites for hydroxylation is 2. The van der Waals surface area contributed by atoms with Gasteiger partial charge >= 0.3 is 0 Å². The van der Waals surface area contributed by atoms with E-state index in [-0.39, 0.29) is 0 Å². The summed E-state index contributed by atoms with van der Waals surface area (Å²) >= 11 is 0. The second kappa shape index (κ2) is 6.09. The van der Waals surface area contributed by atoms with Gasteiger partial charge in [-0.05, 0) is 65.5 Å². The van der Waals surface area contributed by atoms with Crippen LogP contribution in [0.5, 0.6) is 0 Å². The van der Waals surface area contributed by atoms with Crippen molar-refractivity contribution in [2.24, 2.45) is 13.0 Å². The van der Waals surface area contributed by atoms with E-state index in [4.69, 9.17) is 0 Å². The summed E-state index contributed by atoms with van der Waals surface area (Å²) < 4.78 is 2.03. The molecule has 0 aliphatic carbocycles. The SMILES string of the molecule is Cc1nn(C)c(C)c1C(C)N1CCCC(C2CCCN2)C1. The molecule has 1 N–H and O–H groups in total. The Balaban J connectivity index is 1.73. The number of piperidine rings is 1. The maximum absolute atomic E-state index is 4.60. The van der Waals surface area contributed by atoms with Gasteiger partial charge in [-0.2, -0.15) is 5.10 Å². The van der Waals surface area contributed by atoms with Crippen molar-refractivity contribution in [2.45, 2.75) is 58.5 Å². The van der Waals surface area contributed by atoms with Crippen LogP contribution in [-0.2, 0) is 7.05 Å². The molecule has 2 aliphatic rings. The molecule has 0 radical (unpaired) electrons. The molecule has 1 aromatic heterocycles. The van der Waals surface area contributed by atoms with Gasteiger partial charge < -0.3 is 5.32 Å². The van der Waals surface area contributed by atoms with Gasteiger partial charge in [-0.3, -0.25) is 9.58 Å². The summed E-state index contributed by atoms with van der Waals surface area (Å²) in [5.74, 6) is 0.834. The van der Waals surface area contributed by atoms with Crippen molar-refractivity contribution in [1.29, 1.82) is 0 Å². The van der Waals surface area contributed by atoms with E-state index in [1.165, 1.54) is 62.3 Å². The van der Waals surface area contributed by atoms with Gasteiger partial charge in [0.15, 0.2) is 0 Å². The molecule has 2 aliphatic heterocycles. The van der Waals surface area contributed by atoms with Crippen molar-refractivity contribution in [3.05, 3.63) is 17.0 Å². The molecule has 21 heavy (non-hydrogen) atoms. The first-order chi connectivity index (χ1) is 10.1. The second-order valence-electron chi connectivity index (χ2n) is 6.98. The molecule has 3 heterocycles. The monoisotopic (exact) mass is 290 g/mol. The molecular weight excluding hydrogens is 260 g/mol. The van der Waals surface area contributed by atoms with E-state index in [0.29, 0.717) is 6.04 Å². The van der Waals surface area contributed by atoms with Crippen molar-refractivity contribution >= 4 is 0 Å². The fourth-order valence-corrected chi connectivity index (χ4v) is 4.41. The Labute approximate surface area is 128 Å². The molecule has 4 nitrogen and oxygen atoms in total. The van der Waals surface area contributed by atoms with E-state index in [1.807, 2.05) is 4.68 Å². The molecule has 0 bridgehead atoms. The van der Waals surface area contributed by atoms with Gasteiger partial charge in [-0.25, -0.2) is 0 Å². The molecule has 1 aromatic rings. The van der Waals surface area contributed by atoms with Gasteiger partial charge in [0.25, 0.3) is 0 Å². The van der Waals surface area contributed by atoms with E-state index in [1.54, 1.807) is 0 Å². The third kappa shape index (κ3) is 2.88. The maximum Gasteiger partial charge on any atom is 0.0644 e. The molecule has 2 saturated heterocycles. The van der Waals surface area contributed by atoms with E-state index >= 15 is 0 Å². The number of likely N-dealkylation sites (tertiary alicyclic amines) is 1.